The summed E-state index contributed by atoms with van der Waals surface area (Å²) in [6.45, 7) is 10.1. The van der Waals surface area contributed by atoms with Gasteiger partial charge in [-0.1, -0.05) is 38.1 Å². The van der Waals surface area contributed by atoms with Gasteiger partial charge < -0.3 is 42.0 Å². The highest BCUT2D eigenvalue weighted by molar-refractivity contribution is 5.97. The normalized spacial score (nSPS) is 22.4. The van der Waals surface area contributed by atoms with Crippen LogP contribution in [-0.2, 0) is 41.9 Å². The van der Waals surface area contributed by atoms with Gasteiger partial charge in [-0.25, -0.2) is 9.36 Å². The molecule has 20 nitrogen and oxygen atoms in total. The SMILES string of the molecule is CNC(=O)C1CCCCn2nncc2-c2cc3cc(c2OC)-c2cnnn2CCCCC(NC(=O)C(CC(C)C)NC)C(=O)NC(C)C(=O)NC3C(=O)NC(CC(C)C)C(=O)N1. The van der Waals surface area contributed by atoms with Gasteiger partial charge in [-0.3, -0.25) is 28.8 Å². The smallest absolute Gasteiger partial charge is 0.247 e. The number of likely N-dealkylation sites (N-methyl/N-ethyl adjacent to an activating group) is 2. The fourth-order valence-corrected chi connectivity index (χ4v) is 7.89. The molecule has 0 saturated carbocycles. The lowest BCUT2D eigenvalue weighted by Gasteiger charge is -2.28. The Hall–Kier alpha value is -5.92. The Labute approximate surface area is 362 Å². The van der Waals surface area contributed by atoms with E-state index in [0.717, 1.165) is 0 Å². The summed E-state index contributed by atoms with van der Waals surface area (Å²) in [4.78, 5) is 83.5. The van der Waals surface area contributed by atoms with E-state index < -0.39 is 59.9 Å². The van der Waals surface area contributed by atoms with E-state index in [4.69, 9.17) is 4.74 Å². The molecule has 0 aliphatic carbocycles. The number of carbonyl (C=O) groups is 6. The zero-order valence-corrected chi connectivity index (χ0v) is 37.0. The lowest BCUT2D eigenvalue weighted by atomic mass is 9.94. The number of aryl methyl sites for hydroxylation is 2. The predicted molar refractivity (Wildman–Crippen MR) is 229 cm³/mol. The number of carbonyl (C=O) groups excluding carboxylic acids is 6. The number of methoxy groups -OCH3 is 1. The number of rotatable bonds is 9. The quantitative estimate of drug-likeness (QED) is 0.160. The molecule has 4 heterocycles. The molecule has 0 radical (unpaired) electrons. The van der Waals surface area contributed by atoms with Gasteiger partial charge >= 0.3 is 0 Å². The molecule has 6 unspecified atom stereocenters. The zero-order valence-electron chi connectivity index (χ0n) is 37.0. The Kier molecular flexibility index (Phi) is 16.5. The Morgan fingerprint density at radius 1 is 0.790 bits per heavy atom. The van der Waals surface area contributed by atoms with Crippen molar-refractivity contribution in [3.05, 3.63) is 30.1 Å². The molecular weight excluding hydrogens is 799 g/mol. The fraction of sp³-hybridized carbons (Fsp3) is 0.619. The van der Waals surface area contributed by atoms with Gasteiger partial charge in [-0.2, -0.15) is 0 Å². The molecule has 7 N–H and O–H groups in total. The molecule has 2 aliphatic heterocycles. The van der Waals surface area contributed by atoms with E-state index in [0.29, 0.717) is 85.4 Å². The van der Waals surface area contributed by atoms with E-state index in [2.05, 4.69) is 57.8 Å². The summed E-state index contributed by atoms with van der Waals surface area (Å²) in [7, 11) is 4.71. The maximum Gasteiger partial charge on any atom is 0.247 e. The van der Waals surface area contributed by atoms with Crippen molar-refractivity contribution in [3.63, 3.8) is 0 Å². The number of ether oxygens (including phenoxy) is 1. The van der Waals surface area contributed by atoms with E-state index >= 15 is 0 Å². The Morgan fingerprint density at radius 3 is 1.95 bits per heavy atom. The summed E-state index contributed by atoms with van der Waals surface area (Å²) in [6, 6.07) is -2.66. The second kappa shape index (κ2) is 21.7. The molecule has 1 aromatic carbocycles. The average molecular weight is 862 g/mol. The molecule has 338 valence electrons. The number of aromatic nitrogens is 6. The summed E-state index contributed by atoms with van der Waals surface area (Å²) in [5, 5.41) is 37.1. The van der Waals surface area contributed by atoms with Gasteiger partial charge in [0.1, 0.15) is 36.0 Å². The van der Waals surface area contributed by atoms with Crippen LogP contribution in [0.15, 0.2) is 24.5 Å². The first-order valence-corrected chi connectivity index (χ1v) is 21.6. The lowest BCUT2D eigenvalue weighted by Crippen LogP contribution is -2.57. The van der Waals surface area contributed by atoms with Crippen LogP contribution in [0.2, 0.25) is 0 Å². The summed E-state index contributed by atoms with van der Waals surface area (Å²) < 4.78 is 9.53. The molecule has 62 heavy (non-hydrogen) atoms. The molecule has 6 atom stereocenters. The van der Waals surface area contributed by atoms with Crippen molar-refractivity contribution in [1.82, 2.24) is 67.2 Å². The van der Waals surface area contributed by atoms with Crippen molar-refractivity contribution in [2.75, 3.05) is 21.2 Å². The monoisotopic (exact) mass is 861 g/mol. The van der Waals surface area contributed by atoms with Crippen LogP contribution < -0.4 is 42.0 Å². The van der Waals surface area contributed by atoms with Crippen molar-refractivity contribution in [2.24, 2.45) is 11.8 Å². The van der Waals surface area contributed by atoms with Gasteiger partial charge in [0.15, 0.2) is 0 Å². The topological polar surface area (TPSA) is 257 Å². The van der Waals surface area contributed by atoms with Crippen LogP contribution in [0, 0.1) is 11.8 Å². The summed E-state index contributed by atoms with van der Waals surface area (Å²) in [5.41, 5.74) is 2.44. The summed E-state index contributed by atoms with van der Waals surface area (Å²) >= 11 is 0. The van der Waals surface area contributed by atoms with Gasteiger partial charge in [-0.05, 0) is 94.9 Å². The number of fused-ring (bicyclic) bond motifs is 6. The standard InChI is InChI=1S/C42H63N13O7/c1-23(2)17-31(43-6)40(59)49-30-14-10-12-16-55-34(22-46-53-55)28-20-26-19-27(36(28)62-8)33-21-45-52-54(33)15-11-9-13-29(38(57)44-7)48-41(60)32(18-24(3)4)50-42(61)35(26)51-37(56)25(5)47-39(30)58/h19-25,29-32,35,43H,9-18H2,1-8H3,(H,44,57)(H,47,58)(H,48,60)(H,49,59)(H,50,61)(H,51,56). The number of nitrogens with one attached hydrogen (secondary N) is 7. The number of nitrogens with zero attached hydrogens (tertiary/aromatic N) is 6. The van der Waals surface area contributed by atoms with Crippen molar-refractivity contribution in [2.45, 2.75) is 135 Å². The van der Waals surface area contributed by atoms with Crippen LogP contribution >= 0.6 is 0 Å². The maximum atomic E-state index is 14.8. The molecule has 2 aliphatic rings. The van der Waals surface area contributed by atoms with Crippen LogP contribution in [0.3, 0.4) is 0 Å². The minimum absolute atomic E-state index is 0.0566. The molecule has 0 saturated heterocycles. The van der Waals surface area contributed by atoms with Gasteiger partial charge in [0.25, 0.3) is 0 Å². The molecule has 0 fully saturated rings. The average Bonchev–Trinajstić information content (AvgIpc) is 3.91. The number of amides is 6. The van der Waals surface area contributed by atoms with Gasteiger partial charge in [0.05, 0.1) is 36.9 Å². The summed E-state index contributed by atoms with van der Waals surface area (Å²) in [6.07, 6.45) is 6.71. The Bertz CT molecular complexity index is 2060. The van der Waals surface area contributed by atoms with E-state index in [-0.39, 0.29) is 36.5 Å². The number of hydrogen-bond donors (Lipinski definition) is 7. The lowest BCUT2D eigenvalue weighted by molar-refractivity contribution is -0.135. The predicted octanol–water partition coefficient (Wildman–Crippen LogP) is 1.12. The number of benzene rings is 1. The molecule has 3 bridgehead atoms. The highest BCUT2D eigenvalue weighted by Gasteiger charge is 2.35. The Morgan fingerprint density at radius 2 is 1.40 bits per heavy atom. The minimum Gasteiger partial charge on any atom is -0.495 e. The highest BCUT2D eigenvalue weighted by atomic mass is 16.5. The van der Waals surface area contributed by atoms with Gasteiger partial charge in [-0.15, -0.1) is 10.2 Å². The molecule has 0 spiro atoms. The van der Waals surface area contributed by atoms with Crippen LogP contribution in [0.25, 0.3) is 22.5 Å². The van der Waals surface area contributed by atoms with Crippen molar-refractivity contribution < 1.29 is 33.5 Å². The van der Waals surface area contributed by atoms with E-state index in [9.17, 15) is 28.8 Å². The van der Waals surface area contributed by atoms with E-state index in [1.165, 1.54) is 21.1 Å². The molecule has 2 aromatic heterocycles. The van der Waals surface area contributed by atoms with E-state index in [1.807, 2.05) is 27.7 Å². The van der Waals surface area contributed by atoms with Crippen LogP contribution in [0.4, 0.5) is 0 Å². The first kappa shape index (κ1) is 47.1. The third-order valence-electron chi connectivity index (χ3n) is 11.2. The molecule has 20 heteroatoms. The fourth-order valence-electron chi connectivity index (χ4n) is 7.89. The maximum absolute atomic E-state index is 14.8. The first-order chi connectivity index (χ1) is 29.6. The largest absolute Gasteiger partial charge is 0.495 e. The van der Waals surface area contributed by atoms with Crippen molar-refractivity contribution in [1.29, 1.82) is 0 Å². The van der Waals surface area contributed by atoms with Crippen LogP contribution in [0.1, 0.15) is 97.6 Å². The molecule has 5 rings (SSSR count). The van der Waals surface area contributed by atoms with Crippen molar-refractivity contribution in [3.8, 4) is 28.3 Å². The van der Waals surface area contributed by atoms with Crippen molar-refractivity contribution >= 4 is 35.4 Å². The van der Waals surface area contributed by atoms with E-state index in [1.54, 1.807) is 40.9 Å². The van der Waals surface area contributed by atoms with Crippen LogP contribution in [0.5, 0.6) is 5.75 Å². The summed E-state index contributed by atoms with van der Waals surface area (Å²) in [5.74, 6) is -2.71. The minimum atomic E-state index is -1.44. The second-order valence-electron chi connectivity index (χ2n) is 16.9. The first-order valence-electron chi connectivity index (χ1n) is 21.6. The molecule has 6 amide bonds. The molecule has 3 aromatic rings. The number of hydrogen-bond acceptors (Lipinski definition) is 12. The molecular formula is C42H63N13O7. The van der Waals surface area contributed by atoms with Gasteiger partial charge in [0, 0.05) is 31.3 Å². The third kappa shape index (κ3) is 11.7. The van der Waals surface area contributed by atoms with Crippen LogP contribution in [-0.4, -0.2) is 117 Å². The second-order valence-corrected chi connectivity index (χ2v) is 16.9. The Balaban J connectivity index is 1.66. The highest BCUT2D eigenvalue weighted by Crippen LogP contribution is 2.41. The van der Waals surface area contributed by atoms with Gasteiger partial charge in [0.2, 0.25) is 35.4 Å². The zero-order chi connectivity index (χ0) is 45.1. The third-order valence-corrected chi connectivity index (χ3v) is 11.2.